The van der Waals surface area contributed by atoms with Gasteiger partial charge in [-0.15, -0.1) is 0 Å². The molecule has 0 saturated carbocycles. The van der Waals surface area contributed by atoms with Gasteiger partial charge in [-0.1, -0.05) is 30.3 Å². The average Bonchev–Trinajstić information content (AvgIpc) is 2.70. The number of aryl methyl sites for hydroxylation is 1. The molecule has 5 nitrogen and oxygen atoms in total. The van der Waals surface area contributed by atoms with Gasteiger partial charge >= 0.3 is 0 Å². The molecule has 2 saturated heterocycles. The highest BCUT2D eigenvalue weighted by Crippen LogP contribution is 2.19. The Hall–Kier alpha value is -1.95. The first-order chi connectivity index (χ1) is 13.3. The largest absolute Gasteiger partial charge is 0.379 e. The van der Waals surface area contributed by atoms with Crippen LogP contribution in [-0.4, -0.2) is 67.3 Å². The van der Waals surface area contributed by atoms with Gasteiger partial charge in [0.2, 0.25) is 0 Å². The predicted octanol–water partition coefficient (Wildman–Crippen LogP) is 2.54. The molecular weight excluding hydrogens is 336 g/mol. The summed E-state index contributed by atoms with van der Waals surface area (Å²) in [6.07, 6.45) is 1.90. The van der Waals surface area contributed by atoms with Crippen LogP contribution in [0.3, 0.4) is 0 Å². The summed E-state index contributed by atoms with van der Waals surface area (Å²) in [4.78, 5) is 12.0. The Labute approximate surface area is 162 Å². The summed E-state index contributed by atoms with van der Waals surface area (Å²) in [5.41, 5.74) is 4.10. The molecule has 0 aliphatic carbocycles. The van der Waals surface area contributed by atoms with Crippen LogP contribution in [0.5, 0.6) is 0 Å². The van der Waals surface area contributed by atoms with Crippen molar-refractivity contribution in [2.24, 2.45) is 0 Å². The molecule has 2 aliphatic heterocycles. The second kappa shape index (κ2) is 8.83. The highest BCUT2D eigenvalue weighted by Gasteiger charge is 2.19. The molecule has 0 spiro atoms. The van der Waals surface area contributed by atoms with Gasteiger partial charge in [-0.05, 0) is 29.7 Å². The van der Waals surface area contributed by atoms with Gasteiger partial charge in [-0.2, -0.15) is 0 Å². The van der Waals surface area contributed by atoms with E-state index in [2.05, 4.69) is 56.9 Å². The van der Waals surface area contributed by atoms with Crippen molar-refractivity contribution < 1.29 is 4.74 Å². The van der Waals surface area contributed by atoms with E-state index < -0.39 is 0 Å². The smallest absolute Gasteiger partial charge is 0.131 e. The third-order valence-corrected chi connectivity index (χ3v) is 5.56. The minimum Gasteiger partial charge on any atom is -0.379 e. The molecule has 4 rings (SSSR count). The zero-order valence-corrected chi connectivity index (χ0v) is 16.3. The van der Waals surface area contributed by atoms with Crippen molar-refractivity contribution in [2.75, 3.05) is 57.4 Å². The van der Waals surface area contributed by atoms with Crippen LogP contribution in [0.4, 0.5) is 5.82 Å². The topological polar surface area (TPSA) is 31.8 Å². The van der Waals surface area contributed by atoms with Crippen molar-refractivity contribution in [3.8, 4) is 0 Å². The van der Waals surface area contributed by atoms with Crippen LogP contribution in [0, 0.1) is 6.92 Å². The lowest BCUT2D eigenvalue weighted by Crippen LogP contribution is -2.46. The number of piperazine rings is 1. The molecule has 3 heterocycles. The summed E-state index contributed by atoms with van der Waals surface area (Å²) >= 11 is 0. The molecule has 27 heavy (non-hydrogen) atoms. The van der Waals surface area contributed by atoms with Crippen LogP contribution >= 0.6 is 0 Å². The van der Waals surface area contributed by atoms with Crippen LogP contribution in [0.25, 0.3) is 0 Å². The van der Waals surface area contributed by atoms with Crippen molar-refractivity contribution >= 4 is 5.82 Å². The zero-order chi connectivity index (χ0) is 18.5. The van der Waals surface area contributed by atoms with Gasteiger partial charge in [-0.3, -0.25) is 9.80 Å². The summed E-state index contributed by atoms with van der Waals surface area (Å²) in [5, 5.41) is 0. The predicted molar refractivity (Wildman–Crippen MR) is 109 cm³/mol. The van der Waals surface area contributed by atoms with E-state index in [0.717, 1.165) is 71.4 Å². The highest BCUT2D eigenvalue weighted by molar-refractivity contribution is 5.46. The van der Waals surface area contributed by atoms with E-state index in [1.807, 2.05) is 12.3 Å². The quantitative estimate of drug-likeness (QED) is 0.812. The van der Waals surface area contributed by atoms with E-state index in [1.165, 1.54) is 16.7 Å². The van der Waals surface area contributed by atoms with E-state index in [0.29, 0.717) is 0 Å². The first-order valence-electron chi connectivity index (χ1n) is 10.0. The fourth-order valence-electron chi connectivity index (χ4n) is 4.03. The number of hydrogen-bond donors (Lipinski definition) is 0. The molecule has 5 heteroatoms. The molecule has 2 aromatic rings. The first kappa shape index (κ1) is 18.4. The monoisotopic (exact) mass is 366 g/mol. The molecule has 2 aliphatic rings. The average molecular weight is 367 g/mol. The van der Waals surface area contributed by atoms with Gasteiger partial charge in [0.25, 0.3) is 0 Å². The van der Waals surface area contributed by atoms with Crippen molar-refractivity contribution in [1.29, 1.82) is 0 Å². The number of hydrogen-bond acceptors (Lipinski definition) is 5. The lowest BCUT2D eigenvalue weighted by Gasteiger charge is -2.36. The fourth-order valence-corrected chi connectivity index (χ4v) is 4.03. The Bertz CT molecular complexity index is 737. The third-order valence-electron chi connectivity index (χ3n) is 5.56. The molecule has 0 bridgehead atoms. The maximum Gasteiger partial charge on any atom is 0.131 e. The van der Waals surface area contributed by atoms with Gasteiger partial charge in [0.1, 0.15) is 5.82 Å². The number of benzene rings is 1. The Morgan fingerprint density at radius 3 is 2.19 bits per heavy atom. The first-order valence-corrected chi connectivity index (χ1v) is 10.0. The summed E-state index contributed by atoms with van der Waals surface area (Å²) in [5.74, 6) is 1.14. The molecule has 0 radical (unpaired) electrons. The summed E-state index contributed by atoms with van der Waals surface area (Å²) in [7, 11) is 0. The van der Waals surface area contributed by atoms with Crippen LogP contribution < -0.4 is 4.90 Å². The highest BCUT2D eigenvalue weighted by atomic mass is 16.5. The molecule has 0 unspecified atom stereocenters. The van der Waals surface area contributed by atoms with E-state index in [9.17, 15) is 0 Å². The maximum absolute atomic E-state index is 5.45. The van der Waals surface area contributed by atoms with Gasteiger partial charge in [0.15, 0.2) is 0 Å². The number of morpholine rings is 1. The van der Waals surface area contributed by atoms with Crippen LogP contribution in [0.2, 0.25) is 0 Å². The number of aromatic nitrogens is 1. The molecule has 0 atom stereocenters. The van der Waals surface area contributed by atoms with E-state index in [4.69, 9.17) is 4.74 Å². The van der Waals surface area contributed by atoms with Crippen LogP contribution in [0.15, 0.2) is 42.6 Å². The minimum absolute atomic E-state index is 0.861. The van der Waals surface area contributed by atoms with Crippen LogP contribution in [0.1, 0.15) is 16.7 Å². The Morgan fingerprint density at radius 1 is 0.852 bits per heavy atom. The van der Waals surface area contributed by atoms with Crippen molar-refractivity contribution in [3.63, 3.8) is 0 Å². The number of nitrogens with zero attached hydrogens (tertiary/aromatic N) is 4. The van der Waals surface area contributed by atoms with Crippen LogP contribution in [-0.2, 0) is 17.8 Å². The molecular formula is C22H30N4O. The number of anilines is 1. The fraction of sp³-hybridized carbons (Fsp3) is 0.500. The summed E-state index contributed by atoms with van der Waals surface area (Å²) in [6.45, 7) is 12.3. The van der Waals surface area contributed by atoms with Gasteiger partial charge in [0, 0.05) is 58.6 Å². The Balaban J connectivity index is 1.31. The second-order valence-corrected chi connectivity index (χ2v) is 7.62. The molecule has 0 N–H and O–H groups in total. The Kier molecular flexibility index (Phi) is 6.02. The van der Waals surface area contributed by atoms with E-state index in [-0.39, 0.29) is 0 Å². The summed E-state index contributed by atoms with van der Waals surface area (Å²) < 4.78 is 5.45. The number of pyridine rings is 1. The molecule has 144 valence electrons. The van der Waals surface area contributed by atoms with Gasteiger partial charge in [0.05, 0.1) is 13.2 Å². The lowest BCUT2D eigenvalue weighted by molar-refractivity contribution is 0.0342. The summed E-state index contributed by atoms with van der Waals surface area (Å²) in [6, 6.07) is 13.3. The normalized spacial score (nSPS) is 19.4. The van der Waals surface area contributed by atoms with Crippen molar-refractivity contribution in [2.45, 2.75) is 20.0 Å². The number of ether oxygens (including phenoxy) is 1. The molecule has 2 fully saturated rings. The van der Waals surface area contributed by atoms with Gasteiger partial charge in [-0.25, -0.2) is 4.98 Å². The van der Waals surface area contributed by atoms with E-state index in [1.54, 1.807) is 0 Å². The van der Waals surface area contributed by atoms with Gasteiger partial charge < -0.3 is 9.64 Å². The molecule has 1 aromatic heterocycles. The third kappa shape index (κ3) is 4.86. The second-order valence-electron chi connectivity index (χ2n) is 7.62. The zero-order valence-electron chi connectivity index (χ0n) is 16.3. The lowest BCUT2D eigenvalue weighted by atomic mass is 10.1. The maximum atomic E-state index is 5.45. The number of rotatable bonds is 5. The SMILES string of the molecule is Cc1cccnc1N1CCN(Cc2cccc(CN3CCOCC3)c2)CC1. The van der Waals surface area contributed by atoms with E-state index >= 15 is 0 Å². The van der Waals surface area contributed by atoms with Crippen molar-refractivity contribution in [1.82, 2.24) is 14.8 Å². The standard InChI is InChI=1S/C22H30N4O/c1-19-4-3-7-23-22(19)26-10-8-24(9-11-26)17-20-5-2-6-21(16-20)18-25-12-14-27-15-13-25/h2-7,16H,8-15,17-18H2,1H3. The van der Waals surface area contributed by atoms with Crippen molar-refractivity contribution in [3.05, 3.63) is 59.3 Å². The molecule has 0 amide bonds. The Morgan fingerprint density at radius 2 is 1.52 bits per heavy atom. The molecule has 1 aromatic carbocycles. The minimum atomic E-state index is 0.861.